The van der Waals surface area contributed by atoms with Crippen LogP contribution in [0.2, 0.25) is 0 Å². The minimum Gasteiger partial charge on any atom is -0.497 e. The standard InChI is InChI=1S/C30H37N3O5S/c1-22-15-17-27(18-16-22)39(36,37)33(25-12-8-7-9-13-25)21-28(34)32(23(2)29(35)31-30(3,4)5)20-24-11-10-14-26(19-24)38-6/h7-19,23H,20-21H2,1-6H3,(H,31,35)/t23-/m0/s1. The Morgan fingerprint density at radius 2 is 1.59 bits per heavy atom. The number of ether oxygens (including phenoxy) is 1. The summed E-state index contributed by atoms with van der Waals surface area (Å²) >= 11 is 0. The summed E-state index contributed by atoms with van der Waals surface area (Å²) in [6, 6.07) is 21.3. The molecular weight excluding hydrogens is 514 g/mol. The number of nitrogens with one attached hydrogen (secondary N) is 1. The number of hydrogen-bond donors (Lipinski definition) is 1. The van der Waals surface area contributed by atoms with Gasteiger partial charge in [0.1, 0.15) is 18.3 Å². The van der Waals surface area contributed by atoms with E-state index in [1.807, 2.05) is 33.8 Å². The van der Waals surface area contributed by atoms with Crippen molar-refractivity contribution in [1.82, 2.24) is 10.2 Å². The van der Waals surface area contributed by atoms with Crippen LogP contribution in [0, 0.1) is 6.92 Å². The minimum absolute atomic E-state index is 0.0719. The van der Waals surface area contributed by atoms with Crippen LogP contribution >= 0.6 is 0 Å². The van der Waals surface area contributed by atoms with Gasteiger partial charge >= 0.3 is 0 Å². The van der Waals surface area contributed by atoms with E-state index < -0.39 is 34.1 Å². The fourth-order valence-corrected chi connectivity index (χ4v) is 5.40. The summed E-state index contributed by atoms with van der Waals surface area (Å²) in [6.45, 7) is 8.68. The van der Waals surface area contributed by atoms with E-state index in [-0.39, 0.29) is 17.3 Å². The predicted molar refractivity (Wildman–Crippen MR) is 153 cm³/mol. The summed E-state index contributed by atoms with van der Waals surface area (Å²) in [6.07, 6.45) is 0. The molecule has 0 bridgehead atoms. The molecule has 3 aromatic rings. The molecule has 0 unspecified atom stereocenters. The molecule has 0 aliphatic heterocycles. The first kappa shape index (κ1) is 29.7. The minimum atomic E-state index is -4.09. The van der Waals surface area contributed by atoms with Crippen molar-refractivity contribution < 1.29 is 22.7 Å². The molecule has 1 N–H and O–H groups in total. The van der Waals surface area contributed by atoms with Crippen LogP contribution in [0.5, 0.6) is 5.75 Å². The average Bonchev–Trinajstić information content (AvgIpc) is 2.89. The van der Waals surface area contributed by atoms with Gasteiger partial charge in [-0.1, -0.05) is 48.0 Å². The molecular formula is C30H37N3O5S. The highest BCUT2D eigenvalue weighted by Crippen LogP contribution is 2.25. The Morgan fingerprint density at radius 3 is 2.18 bits per heavy atom. The van der Waals surface area contributed by atoms with E-state index in [4.69, 9.17) is 4.74 Å². The first-order chi connectivity index (χ1) is 18.3. The van der Waals surface area contributed by atoms with Gasteiger partial charge in [0.15, 0.2) is 0 Å². The topological polar surface area (TPSA) is 96.0 Å². The van der Waals surface area contributed by atoms with Gasteiger partial charge in [-0.3, -0.25) is 13.9 Å². The largest absolute Gasteiger partial charge is 0.497 e. The van der Waals surface area contributed by atoms with Gasteiger partial charge in [-0.25, -0.2) is 8.42 Å². The summed E-state index contributed by atoms with van der Waals surface area (Å²) in [5.41, 5.74) is 1.49. The number of para-hydroxylation sites is 1. The number of carbonyl (C=O) groups excluding carboxylic acids is 2. The highest BCUT2D eigenvalue weighted by atomic mass is 32.2. The van der Waals surface area contributed by atoms with Crippen LogP contribution in [-0.4, -0.2) is 50.4 Å². The molecule has 0 aromatic heterocycles. The SMILES string of the molecule is COc1cccc(CN(C(=O)CN(c2ccccc2)S(=O)(=O)c2ccc(C)cc2)[C@@H](C)C(=O)NC(C)(C)C)c1. The molecule has 9 heteroatoms. The molecule has 208 valence electrons. The third kappa shape index (κ3) is 7.83. The second-order valence-corrected chi connectivity index (χ2v) is 12.3. The van der Waals surface area contributed by atoms with Gasteiger partial charge in [-0.15, -0.1) is 0 Å². The van der Waals surface area contributed by atoms with Crippen molar-refractivity contribution in [3.8, 4) is 5.75 Å². The van der Waals surface area contributed by atoms with Gasteiger partial charge < -0.3 is 15.0 Å². The Morgan fingerprint density at radius 1 is 0.949 bits per heavy atom. The molecule has 2 amide bonds. The highest BCUT2D eigenvalue weighted by molar-refractivity contribution is 7.92. The monoisotopic (exact) mass is 551 g/mol. The summed E-state index contributed by atoms with van der Waals surface area (Å²) in [5.74, 6) is -0.250. The van der Waals surface area contributed by atoms with Crippen molar-refractivity contribution >= 4 is 27.5 Å². The first-order valence-electron chi connectivity index (χ1n) is 12.7. The van der Waals surface area contributed by atoms with Gasteiger partial charge in [0.2, 0.25) is 11.8 Å². The van der Waals surface area contributed by atoms with E-state index in [1.165, 1.54) is 17.0 Å². The first-order valence-corrected chi connectivity index (χ1v) is 14.1. The van der Waals surface area contributed by atoms with E-state index in [2.05, 4.69) is 5.32 Å². The maximum absolute atomic E-state index is 13.9. The molecule has 0 spiro atoms. The zero-order valence-corrected chi connectivity index (χ0v) is 24.2. The maximum Gasteiger partial charge on any atom is 0.264 e. The van der Waals surface area contributed by atoms with Crippen LogP contribution in [0.3, 0.4) is 0 Å². The third-order valence-corrected chi connectivity index (χ3v) is 7.87. The van der Waals surface area contributed by atoms with E-state index >= 15 is 0 Å². The molecule has 3 rings (SSSR count). The molecule has 0 aliphatic rings. The molecule has 1 atom stereocenters. The van der Waals surface area contributed by atoms with Crippen LogP contribution in [-0.2, 0) is 26.2 Å². The lowest BCUT2D eigenvalue weighted by molar-refractivity contribution is -0.140. The molecule has 3 aromatic carbocycles. The van der Waals surface area contributed by atoms with Crippen LogP contribution < -0.4 is 14.4 Å². The number of anilines is 1. The highest BCUT2D eigenvalue weighted by Gasteiger charge is 2.33. The van der Waals surface area contributed by atoms with Gasteiger partial charge in [0.05, 0.1) is 17.7 Å². The molecule has 8 nitrogen and oxygen atoms in total. The van der Waals surface area contributed by atoms with Crippen molar-refractivity contribution in [3.05, 3.63) is 90.0 Å². The Bertz CT molecular complexity index is 1380. The van der Waals surface area contributed by atoms with Gasteiger partial charge in [0.25, 0.3) is 10.0 Å². The zero-order valence-electron chi connectivity index (χ0n) is 23.3. The fraction of sp³-hybridized carbons (Fsp3) is 0.333. The quantitative estimate of drug-likeness (QED) is 0.399. The second kappa shape index (κ2) is 12.3. The normalized spacial score (nSPS) is 12.4. The van der Waals surface area contributed by atoms with Gasteiger partial charge in [-0.2, -0.15) is 0 Å². The maximum atomic E-state index is 13.9. The van der Waals surface area contributed by atoms with Gasteiger partial charge in [-0.05, 0) is 76.6 Å². The summed E-state index contributed by atoms with van der Waals surface area (Å²) < 4.78 is 34.0. The van der Waals surface area contributed by atoms with E-state index in [1.54, 1.807) is 74.7 Å². The fourth-order valence-electron chi connectivity index (χ4n) is 3.98. The Kier molecular flexibility index (Phi) is 9.40. The second-order valence-electron chi connectivity index (χ2n) is 10.4. The summed E-state index contributed by atoms with van der Waals surface area (Å²) in [7, 11) is -2.54. The number of amides is 2. The van der Waals surface area contributed by atoms with Crippen molar-refractivity contribution in [2.24, 2.45) is 0 Å². The predicted octanol–water partition coefficient (Wildman–Crippen LogP) is 4.53. The Hall–Kier alpha value is -3.85. The Labute approximate surface area is 231 Å². The van der Waals surface area contributed by atoms with Crippen LogP contribution in [0.4, 0.5) is 5.69 Å². The number of methoxy groups -OCH3 is 1. The summed E-state index contributed by atoms with van der Waals surface area (Å²) in [4.78, 5) is 28.6. The Balaban J connectivity index is 2.02. The number of hydrogen-bond acceptors (Lipinski definition) is 5. The van der Waals surface area contributed by atoms with Gasteiger partial charge in [0, 0.05) is 12.1 Å². The van der Waals surface area contributed by atoms with Crippen LogP contribution in [0.1, 0.15) is 38.8 Å². The molecule has 0 fully saturated rings. The number of benzene rings is 3. The van der Waals surface area contributed by atoms with Crippen LogP contribution in [0.25, 0.3) is 0 Å². The molecule has 0 saturated carbocycles. The lowest BCUT2D eigenvalue weighted by Crippen LogP contribution is -2.54. The zero-order chi connectivity index (χ0) is 28.8. The van der Waals surface area contributed by atoms with E-state index in [0.29, 0.717) is 11.4 Å². The third-order valence-electron chi connectivity index (χ3n) is 6.08. The smallest absolute Gasteiger partial charge is 0.264 e. The number of carbonyl (C=O) groups is 2. The van der Waals surface area contributed by atoms with Crippen molar-refractivity contribution in [2.75, 3.05) is 18.0 Å². The van der Waals surface area contributed by atoms with E-state index in [9.17, 15) is 18.0 Å². The molecule has 0 aliphatic carbocycles. The average molecular weight is 552 g/mol. The number of sulfonamides is 1. The molecule has 0 heterocycles. The van der Waals surface area contributed by atoms with Crippen molar-refractivity contribution in [3.63, 3.8) is 0 Å². The lowest BCUT2D eigenvalue weighted by atomic mass is 10.1. The number of rotatable bonds is 10. The molecule has 0 radical (unpaired) electrons. The summed E-state index contributed by atoms with van der Waals surface area (Å²) in [5, 5.41) is 2.92. The lowest BCUT2D eigenvalue weighted by Gasteiger charge is -2.33. The van der Waals surface area contributed by atoms with Crippen molar-refractivity contribution in [2.45, 2.75) is 57.6 Å². The number of nitrogens with zero attached hydrogens (tertiary/aromatic N) is 2. The number of aryl methyl sites for hydroxylation is 1. The molecule has 39 heavy (non-hydrogen) atoms. The van der Waals surface area contributed by atoms with Crippen molar-refractivity contribution in [1.29, 1.82) is 0 Å². The van der Waals surface area contributed by atoms with Crippen LogP contribution in [0.15, 0.2) is 83.8 Å². The molecule has 0 saturated heterocycles. The van der Waals surface area contributed by atoms with E-state index in [0.717, 1.165) is 15.4 Å².